The molecule has 0 aliphatic carbocycles. The molecule has 0 aliphatic rings. The lowest BCUT2D eigenvalue weighted by atomic mass is 10.1. The van der Waals surface area contributed by atoms with Crippen LogP contribution in [0, 0.1) is 5.92 Å². The van der Waals surface area contributed by atoms with Gasteiger partial charge in [0.25, 0.3) is 11.8 Å². The third kappa shape index (κ3) is 5.98. The van der Waals surface area contributed by atoms with Gasteiger partial charge in [-0.05, 0) is 36.4 Å². The minimum absolute atomic E-state index is 0.105. The summed E-state index contributed by atoms with van der Waals surface area (Å²) in [5, 5.41) is 2.74. The number of anilines is 1. The summed E-state index contributed by atoms with van der Waals surface area (Å²) in [5.74, 6) is -0.561. The molecule has 2 rings (SSSR count). The van der Waals surface area contributed by atoms with Gasteiger partial charge in [-0.3, -0.25) is 25.2 Å². The summed E-state index contributed by atoms with van der Waals surface area (Å²) in [6.45, 7) is 3.59. The van der Waals surface area contributed by atoms with E-state index in [0.29, 0.717) is 17.0 Å². The Morgan fingerprint density at radius 1 is 0.964 bits per heavy atom. The van der Waals surface area contributed by atoms with Gasteiger partial charge >= 0.3 is 0 Å². The van der Waals surface area contributed by atoms with E-state index in [1.165, 1.54) is 6.08 Å². The van der Waals surface area contributed by atoms with Crippen molar-refractivity contribution in [1.82, 2.24) is 10.9 Å². The Morgan fingerprint density at radius 3 is 2.29 bits per heavy atom. The molecule has 0 aromatic heterocycles. The minimum Gasteiger partial charge on any atom is -0.496 e. The highest BCUT2D eigenvalue weighted by molar-refractivity contribution is 5.98. The Hall–Kier alpha value is -3.61. The van der Waals surface area contributed by atoms with Gasteiger partial charge in [0.05, 0.1) is 7.11 Å². The molecule has 7 heteroatoms. The number of ether oxygens (including phenoxy) is 1. The summed E-state index contributed by atoms with van der Waals surface area (Å²) in [6, 6.07) is 13.6. The molecular formula is C21H23N3O4. The predicted octanol–water partition coefficient (Wildman–Crippen LogP) is 2.76. The first-order valence-electron chi connectivity index (χ1n) is 8.73. The van der Waals surface area contributed by atoms with Crippen LogP contribution in [-0.2, 0) is 9.59 Å². The standard InChI is InChI=1S/C21H23N3O4/c1-14(2)20(26)22-17-11-8-16(9-12-17)21(27)24-23-19(25)13-10-15-6-4-5-7-18(15)28-3/h4-14H,1-3H3,(H,22,26)(H,23,25)(H,24,27). The van der Waals surface area contributed by atoms with Crippen molar-refractivity contribution in [2.75, 3.05) is 12.4 Å². The number of carbonyl (C=O) groups excluding carboxylic acids is 3. The average Bonchev–Trinajstić information content (AvgIpc) is 2.71. The van der Waals surface area contributed by atoms with Crippen LogP contribution in [0.2, 0.25) is 0 Å². The van der Waals surface area contributed by atoms with E-state index in [-0.39, 0.29) is 11.8 Å². The van der Waals surface area contributed by atoms with Crippen molar-refractivity contribution in [2.24, 2.45) is 5.92 Å². The van der Waals surface area contributed by atoms with Crippen molar-refractivity contribution in [3.8, 4) is 5.75 Å². The van der Waals surface area contributed by atoms with Gasteiger partial charge in [-0.2, -0.15) is 0 Å². The normalized spacial score (nSPS) is 10.6. The van der Waals surface area contributed by atoms with Crippen molar-refractivity contribution in [1.29, 1.82) is 0 Å². The van der Waals surface area contributed by atoms with Crippen LogP contribution in [0.1, 0.15) is 29.8 Å². The summed E-state index contributed by atoms with van der Waals surface area (Å²) in [5.41, 5.74) is 6.33. The predicted molar refractivity (Wildman–Crippen MR) is 108 cm³/mol. The Bertz CT molecular complexity index is 873. The number of benzene rings is 2. The molecule has 2 aromatic rings. The molecule has 0 unspecified atom stereocenters. The molecule has 146 valence electrons. The van der Waals surface area contributed by atoms with Crippen molar-refractivity contribution in [2.45, 2.75) is 13.8 Å². The second-order valence-electron chi connectivity index (χ2n) is 6.24. The molecule has 0 atom stereocenters. The lowest BCUT2D eigenvalue weighted by Gasteiger charge is -2.09. The number of hydrogen-bond acceptors (Lipinski definition) is 4. The van der Waals surface area contributed by atoms with Crippen LogP contribution in [0.15, 0.2) is 54.6 Å². The van der Waals surface area contributed by atoms with E-state index >= 15 is 0 Å². The van der Waals surface area contributed by atoms with Crippen molar-refractivity contribution >= 4 is 29.5 Å². The fourth-order valence-corrected chi connectivity index (χ4v) is 2.19. The topological polar surface area (TPSA) is 96.5 Å². The van der Waals surface area contributed by atoms with Crippen molar-refractivity contribution in [3.63, 3.8) is 0 Å². The number of hydrazine groups is 1. The molecule has 0 saturated carbocycles. The van der Waals surface area contributed by atoms with Crippen molar-refractivity contribution < 1.29 is 19.1 Å². The lowest BCUT2D eigenvalue weighted by Crippen LogP contribution is -2.40. The number of nitrogens with one attached hydrogen (secondary N) is 3. The minimum atomic E-state index is -0.486. The quantitative estimate of drug-likeness (QED) is 0.529. The Labute approximate surface area is 163 Å². The van der Waals surface area contributed by atoms with E-state index in [9.17, 15) is 14.4 Å². The Balaban J connectivity index is 1.88. The molecular weight excluding hydrogens is 358 g/mol. The number of carbonyl (C=O) groups is 3. The first-order valence-corrected chi connectivity index (χ1v) is 8.73. The number of amides is 3. The molecule has 0 aliphatic heterocycles. The summed E-state index contributed by atoms with van der Waals surface area (Å²) >= 11 is 0. The van der Waals surface area contributed by atoms with Gasteiger partial charge in [0.15, 0.2) is 0 Å². The maximum Gasteiger partial charge on any atom is 0.269 e. The molecule has 0 fully saturated rings. The Morgan fingerprint density at radius 2 is 1.64 bits per heavy atom. The van der Waals surface area contributed by atoms with Gasteiger partial charge in [0.2, 0.25) is 5.91 Å². The molecule has 3 N–H and O–H groups in total. The number of rotatable bonds is 6. The molecule has 28 heavy (non-hydrogen) atoms. The summed E-state index contributed by atoms with van der Waals surface area (Å²) in [7, 11) is 1.55. The van der Waals surface area contributed by atoms with E-state index in [1.54, 1.807) is 63.4 Å². The van der Waals surface area contributed by atoms with Crippen LogP contribution in [0.3, 0.4) is 0 Å². The van der Waals surface area contributed by atoms with Crippen LogP contribution < -0.4 is 20.9 Å². The molecule has 2 aromatic carbocycles. The van der Waals surface area contributed by atoms with Crippen LogP contribution >= 0.6 is 0 Å². The largest absolute Gasteiger partial charge is 0.496 e. The number of methoxy groups -OCH3 is 1. The highest BCUT2D eigenvalue weighted by atomic mass is 16.5. The molecule has 0 radical (unpaired) electrons. The molecule has 0 bridgehead atoms. The average molecular weight is 381 g/mol. The van der Waals surface area contributed by atoms with Crippen LogP contribution in [-0.4, -0.2) is 24.8 Å². The van der Waals surface area contributed by atoms with Crippen LogP contribution in [0.5, 0.6) is 5.75 Å². The zero-order valence-corrected chi connectivity index (χ0v) is 16.0. The van der Waals surface area contributed by atoms with Gasteiger partial charge in [-0.25, -0.2) is 0 Å². The summed E-state index contributed by atoms with van der Waals surface area (Å²) < 4.78 is 5.20. The van der Waals surface area contributed by atoms with E-state index in [2.05, 4.69) is 16.2 Å². The molecule has 0 heterocycles. The molecule has 0 spiro atoms. The van der Waals surface area contributed by atoms with E-state index in [1.807, 2.05) is 12.1 Å². The molecule has 3 amide bonds. The first-order chi connectivity index (χ1) is 13.4. The first kappa shape index (κ1) is 20.7. The maximum atomic E-state index is 12.1. The smallest absolute Gasteiger partial charge is 0.269 e. The fourth-order valence-electron chi connectivity index (χ4n) is 2.19. The van der Waals surface area contributed by atoms with Gasteiger partial charge in [0.1, 0.15) is 5.75 Å². The molecule has 0 saturated heterocycles. The van der Waals surface area contributed by atoms with E-state index in [4.69, 9.17) is 4.74 Å². The van der Waals surface area contributed by atoms with Crippen molar-refractivity contribution in [3.05, 3.63) is 65.7 Å². The zero-order chi connectivity index (χ0) is 20.5. The van der Waals surface area contributed by atoms with Gasteiger partial charge in [0, 0.05) is 28.8 Å². The zero-order valence-electron chi connectivity index (χ0n) is 16.0. The number of hydrogen-bond donors (Lipinski definition) is 3. The van der Waals surface area contributed by atoms with E-state index in [0.717, 1.165) is 5.56 Å². The molecule has 7 nitrogen and oxygen atoms in total. The second kappa shape index (κ2) is 9.91. The SMILES string of the molecule is COc1ccccc1C=CC(=O)NNC(=O)c1ccc(NC(=O)C(C)C)cc1. The maximum absolute atomic E-state index is 12.1. The van der Waals surface area contributed by atoms with Gasteiger partial charge in [-0.1, -0.05) is 32.0 Å². The summed E-state index contributed by atoms with van der Waals surface area (Å²) in [4.78, 5) is 35.7. The highest BCUT2D eigenvalue weighted by Gasteiger charge is 2.09. The highest BCUT2D eigenvalue weighted by Crippen LogP contribution is 2.18. The monoisotopic (exact) mass is 381 g/mol. The van der Waals surface area contributed by atoms with Crippen LogP contribution in [0.4, 0.5) is 5.69 Å². The fraction of sp³-hybridized carbons (Fsp3) is 0.190. The number of para-hydroxylation sites is 1. The second-order valence-corrected chi connectivity index (χ2v) is 6.24. The lowest BCUT2D eigenvalue weighted by molar-refractivity contribution is -0.119. The van der Waals surface area contributed by atoms with E-state index < -0.39 is 11.8 Å². The van der Waals surface area contributed by atoms with Gasteiger partial charge in [-0.15, -0.1) is 0 Å². The van der Waals surface area contributed by atoms with Gasteiger partial charge < -0.3 is 10.1 Å². The third-order valence-corrected chi connectivity index (χ3v) is 3.79. The third-order valence-electron chi connectivity index (χ3n) is 3.79. The van der Waals surface area contributed by atoms with Crippen LogP contribution in [0.25, 0.3) is 6.08 Å². The summed E-state index contributed by atoms with van der Waals surface area (Å²) in [6.07, 6.45) is 2.88. The Kier molecular flexibility index (Phi) is 7.33.